The Morgan fingerprint density at radius 2 is 1.61 bits per heavy atom. The van der Waals surface area contributed by atoms with Gasteiger partial charge in [0.05, 0.1) is 16.1 Å². The number of rotatable bonds is 6. The van der Waals surface area contributed by atoms with Gasteiger partial charge in [0.2, 0.25) is 0 Å². The van der Waals surface area contributed by atoms with Gasteiger partial charge in [0.25, 0.3) is 10.0 Å². The number of nitrogens with zero attached hydrogens (tertiary/aromatic N) is 1. The predicted octanol–water partition coefficient (Wildman–Crippen LogP) is 5.87. The molecule has 0 bridgehead atoms. The van der Waals surface area contributed by atoms with Crippen LogP contribution in [0.25, 0.3) is 5.57 Å². The van der Waals surface area contributed by atoms with Crippen molar-refractivity contribution in [2.45, 2.75) is 31.3 Å². The van der Waals surface area contributed by atoms with Crippen LogP contribution in [0.5, 0.6) is 0 Å². The smallest absolute Gasteiger partial charge is 0.478 e. The van der Waals surface area contributed by atoms with Crippen LogP contribution in [0, 0.1) is 19.7 Å². The normalized spacial score (nSPS) is 13.5. The van der Waals surface area contributed by atoms with E-state index in [1.54, 1.807) is 13.0 Å². The zero-order chi connectivity index (χ0) is 30.5. The Morgan fingerprint density at radius 3 is 2.17 bits per heavy atom. The van der Waals surface area contributed by atoms with E-state index in [1.165, 1.54) is 41.0 Å². The number of nitrogens with one attached hydrogen (secondary N) is 1. The lowest BCUT2D eigenvalue weighted by Crippen LogP contribution is -2.30. The van der Waals surface area contributed by atoms with Gasteiger partial charge >= 0.3 is 18.1 Å². The molecule has 1 aliphatic rings. The number of hydrogen-bond acceptors (Lipinski definition) is 5. The third-order valence-corrected chi connectivity index (χ3v) is 7.73. The van der Waals surface area contributed by atoms with Crippen LogP contribution in [0.4, 0.5) is 28.9 Å². The lowest BCUT2D eigenvalue weighted by atomic mass is 9.95. The molecule has 8 nitrogen and oxygen atoms in total. The van der Waals surface area contributed by atoms with Crippen molar-refractivity contribution in [1.82, 2.24) is 0 Å². The van der Waals surface area contributed by atoms with Crippen LogP contribution in [0.1, 0.15) is 33.5 Å². The van der Waals surface area contributed by atoms with Crippen molar-refractivity contribution in [3.8, 4) is 0 Å². The number of aliphatic carboxylic acids is 1. The molecule has 0 unspecified atom stereocenters. The highest BCUT2D eigenvalue weighted by Gasteiger charge is 2.38. The number of carbonyl (C=O) groups is 2. The topological polar surface area (TPSA) is 124 Å². The molecule has 0 aromatic heterocycles. The van der Waals surface area contributed by atoms with Gasteiger partial charge in [0, 0.05) is 18.8 Å². The van der Waals surface area contributed by atoms with E-state index in [-0.39, 0.29) is 16.1 Å². The van der Waals surface area contributed by atoms with E-state index < -0.39 is 34.0 Å². The molecule has 3 N–H and O–H groups in total. The Morgan fingerprint density at radius 1 is 0.951 bits per heavy atom. The quantitative estimate of drug-likeness (QED) is 0.305. The molecule has 3 aromatic rings. The van der Waals surface area contributed by atoms with Crippen LogP contribution >= 0.6 is 0 Å². The van der Waals surface area contributed by atoms with Gasteiger partial charge in [-0.15, -0.1) is 0 Å². The molecular formula is C28H26F4N2O6S. The number of anilines is 2. The maximum atomic E-state index is 13.6. The second-order valence-corrected chi connectivity index (χ2v) is 10.7. The molecule has 218 valence electrons. The molecule has 0 amide bonds. The molecule has 13 heteroatoms. The number of hydrogen-bond donors (Lipinski definition) is 3. The van der Waals surface area contributed by atoms with Gasteiger partial charge in [0.15, 0.2) is 0 Å². The minimum absolute atomic E-state index is 0.0103. The Labute approximate surface area is 233 Å². The largest absolute Gasteiger partial charge is 0.490 e. The van der Waals surface area contributed by atoms with Gasteiger partial charge in [-0.3, -0.25) is 4.72 Å². The molecule has 0 radical (unpaired) electrons. The van der Waals surface area contributed by atoms with Crippen molar-refractivity contribution < 1.29 is 45.8 Å². The third kappa shape index (κ3) is 7.84. The lowest BCUT2D eigenvalue weighted by Gasteiger charge is -2.30. The summed E-state index contributed by atoms with van der Waals surface area (Å²) in [7, 11) is -4.09. The van der Waals surface area contributed by atoms with E-state index in [9.17, 15) is 35.9 Å². The van der Waals surface area contributed by atoms with Crippen molar-refractivity contribution in [2.24, 2.45) is 0 Å². The minimum atomic E-state index is -5.08. The molecule has 1 heterocycles. The summed E-state index contributed by atoms with van der Waals surface area (Å²) in [5.74, 6) is -4.59. The number of aryl methyl sites for hydroxylation is 2. The molecule has 0 fully saturated rings. The Hall–Kier alpha value is -4.39. The van der Waals surface area contributed by atoms with Gasteiger partial charge < -0.3 is 15.1 Å². The number of halogens is 4. The first kappa shape index (κ1) is 31.1. The van der Waals surface area contributed by atoms with E-state index in [2.05, 4.69) is 29.9 Å². The molecule has 41 heavy (non-hydrogen) atoms. The Bertz CT molecular complexity index is 1600. The van der Waals surface area contributed by atoms with Crippen molar-refractivity contribution >= 4 is 38.9 Å². The molecule has 0 saturated carbocycles. The van der Waals surface area contributed by atoms with Crippen LogP contribution < -0.4 is 9.62 Å². The summed E-state index contributed by atoms with van der Waals surface area (Å²) in [6, 6.07) is 16.1. The minimum Gasteiger partial charge on any atom is -0.478 e. The molecule has 3 aromatic carbocycles. The summed E-state index contributed by atoms with van der Waals surface area (Å²) in [4.78, 5) is 22.7. The summed E-state index contributed by atoms with van der Waals surface area (Å²) in [5.41, 5.74) is 4.59. The average Bonchev–Trinajstić information content (AvgIpc) is 2.90. The van der Waals surface area contributed by atoms with E-state index in [1.807, 2.05) is 17.0 Å². The molecule has 0 atom stereocenters. The fraction of sp³-hybridized carbons (Fsp3) is 0.214. The molecule has 1 aliphatic heterocycles. The van der Waals surface area contributed by atoms with Crippen LogP contribution in [0.15, 0.2) is 71.6 Å². The molecule has 0 saturated heterocycles. The van der Waals surface area contributed by atoms with E-state index in [0.29, 0.717) is 24.3 Å². The van der Waals surface area contributed by atoms with Gasteiger partial charge in [-0.25, -0.2) is 22.4 Å². The standard InChI is InChI=1S/C26H25FN2O4S.C2HF3O2/c1-17-5-3-4-6-22(17)19-11-13-29(14-12-19)24-10-9-21(16-23(24)26(30)31)28-34(32,33)25-15-20(27)8-7-18(25)2;3-2(4,5)1(6)7/h3-11,15-16,28H,12-14H2,1-2H3,(H,30,31);(H,6,7). The summed E-state index contributed by atoms with van der Waals surface area (Å²) < 4.78 is 73.3. The van der Waals surface area contributed by atoms with E-state index >= 15 is 0 Å². The predicted molar refractivity (Wildman–Crippen MR) is 145 cm³/mol. The number of carboxylic acid groups (broad SMARTS) is 2. The first-order valence-corrected chi connectivity index (χ1v) is 13.5. The van der Waals surface area contributed by atoms with Gasteiger partial charge in [-0.05, 0) is 72.9 Å². The fourth-order valence-corrected chi connectivity index (χ4v) is 5.49. The van der Waals surface area contributed by atoms with Gasteiger partial charge in [-0.1, -0.05) is 36.4 Å². The number of sulfonamides is 1. The SMILES string of the molecule is Cc1ccccc1C1=CCN(c2ccc(NS(=O)(=O)c3cc(F)ccc3C)cc2C(=O)O)CC1.O=C(O)C(F)(F)F. The van der Waals surface area contributed by atoms with Crippen molar-refractivity contribution in [3.05, 3.63) is 94.8 Å². The highest BCUT2D eigenvalue weighted by atomic mass is 32.2. The fourth-order valence-electron chi connectivity index (χ4n) is 4.19. The number of aromatic carboxylic acids is 1. The number of benzene rings is 3. The number of alkyl halides is 3. The highest BCUT2D eigenvalue weighted by Crippen LogP contribution is 2.31. The maximum Gasteiger partial charge on any atom is 0.490 e. The van der Waals surface area contributed by atoms with Crippen molar-refractivity contribution in [2.75, 3.05) is 22.7 Å². The first-order valence-electron chi connectivity index (χ1n) is 12.1. The molecule has 4 rings (SSSR count). The number of carboxylic acids is 2. The Kier molecular flexibility index (Phi) is 9.43. The molecule has 0 aliphatic carbocycles. The highest BCUT2D eigenvalue weighted by molar-refractivity contribution is 7.92. The third-order valence-electron chi connectivity index (χ3n) is 6.20. The van der Waals surface area contributed by atoms with Crippen LogP contribution in [-0.4, -0.2) is 49.8 Å². The van der Waals surface area contributed by atoms with Crippen LogP contribution in [0.2, 0.25) is 0 Å². The van der Waals surface area contributed by atoms with Crippen molar-refractivity contribution in [3.63, 3.8) is 0 Å². The second-order valence-electron chi connectivity index (χ2n) is 9.10. The second kappa shape index (κ2) is 12.4. The van der Waals surface area contributed by atoms with Gasteiger partial charge in [0.1, 0.15) is 5.82 Å². The summed E-state index contributed by atoms with van der Waals surface area (Å²) >= 11 is 0. The average molecular weight is 595 g/mol. The first-order chi connectivity index (χ1) is 19.1. The van der Waals surface area contributed by atoms with Crippen LogP contribution in [0.3, 0.4) is 0 Å². The summed E-state index contributed by atoms with van der Waals surface area (Å²) in [5, 5.41) is 16.9. The van der Waals surface area contributed by atoms with Gasteiger partial charge in [-0.2, -0.15) is 13.2 Å². The Balaban J connectivity index is 0.000000587. The summed E-state index contributed by atoms with van der Waals surface area (Å²) in [6.07, 6.45) is -2.22. The summed E-state index contributed by atoms with van der Waals surface area (Å²) in [6.45, 7) is 4.80. The molecular weight excluding hydrogens is 568 g/mol. The zero-order valence-electron chi connectivity index (χ0n) is 21.9. The lowest BCUT2D eigenvalue weighted by molar-refractivity contribution is -0.192. The van der Waals surface area contributed by atoms with E-state index in [4.69, 9.17) is 9.90 Å². The van der Waals surface area contributed by atoms with E-state index in [0.717, 1.165) is 12.5 Å². The monoisotopic (exact) mass is 594 g/mol. The van der Waals surface area contributed by atoms with Crippen molar-refractivity contribution in [1.29, 1.82) is 0 Å². The van der Waals surface area contributed by atoms with Crippen LogP contribution in [-0.2, 0) is 14.8 Å². The zero-order valence-corrected chi connectivity index (χ0v) is 22.7. The molecule has 0 spiro atoms. The maximum absolute atomic E-state index is 13.6.